The maximum absolute atomic E-state index is 3.52. The molecule has 16 heavy (non-hydrogen) atoms. The second kappa shape index (κ2) is 5.62. The molecule has 0 spiro atoms. The van der Waals surface area contributed by atoms with Crippen molar-refractivity contribution in [2.45, 2.75) is 19.5 Å². The van der Waals surface area contributed by atoms with E-state index in [9.17, 15) is 0 Å². The Morgan fingerprint density at radius 1 is 1.19 bits per heavy atom. The van der Waals surface area contributed by atoms with E-state index in [0.717, 1.165) is 6.54 Å². The van der Waals surface area contributed by atoms with Gasteiger partial charge in [0.05, 0.1) is 3.79 Å². The summed E-state index contributed by atoms with van der Waals surface area (Å²) in [6.45, 7) is 3.11. The molecule has 1 unspecified atom stereocenters. The largest absolute Gasteiger partial charge is 0.305 e. The molecule has 0 aliphatic heterocycles. The fraction of sp³-hybridized carbons (Fsp3) is 0.231. The molecule has 0 saturated carbocycles. The number of benzene rings is 1. The summed E-state index contributed by atoms with van der Waals surface area (Å²) in [6, 6.07) is 15.1. The van der Waals surface area contributed by atoms with Gasteiger partial charge in [-0.3, -0.25) is 0 Å². The summed E-state index contributed by atoms with van der Waals surface area (Å²) in [5.41, 5.74) is 1.32. The average Bonchev–Trinajstić information content (AvgIpc) is 2.74. The zero-order valence-electron chi connectivity index (χ0n) is 9.11. The Morgan fingerprint density at radius 2 is 1.94 bits per heavy atom. The standard InChI is InChI=1S/C13H14BrNS/c1-10(12-7-8-13(14)16-12)15-9-11-5-3-2-4-6-11/h2-8,10,15H,9H2,1H3. The molecule has 0 saturated heterocycles. The van der Waals surface area contributed by atoms with Crippen LogP contribution in [0.4, 0.5) is 0 Å². The molecular formula is C13H14BrNS. The molecule has 0 radical (unpaired) electrons. The van der Waals surface area contributed by atoms with E-state index in [1.165, 1.54) is 14.2 Å². The summed E-state index contributed by atoms with van der Waals surface area (Å²) in [7, 11) is 0. The molecular weight excluding hydrogens is 282 g/mol. The van der Waals surface area contributed by atoms with Crippen LogP contribution in [-0.4, -0.2) is 0 Å². The molecule has 2 rings (SSSR count). The van der Waals surface area contributed by atoms with E-state index in [2.05, 4.69) is 64.6 Å². The fourth-order valence-corrected chi connectivity index (χ4v) is 2.98. The summed E-state index contributed by atoms with van der Waals surface area (Å²) in [6.07, 6.45) is 0. The lowest BCUT2D eigenvalue weighted by Gasteiger charge is -2.11. The lowest BCUT2D eigenvalue weighted by atomic mass is 10.2. The third kappa shape index (κ3) is 3.17. The molecule has 84 valence electrons. The molecule has 3 heteroatoms. The second-order valence-electron chi connectivity index (χ2n) is 3.73. The minimum Gasteiger partial charge on any atom is -0.305 e. The number of thiophene rings is 1. The first-order chi connectivity index (χ1) is 7.75. The molecule has 1 aromatic heterocycles. The van der Waals surface area contributed by atoms with Gasteiger partial charge in [-0.2, -0.15) is 0 Å². The molecule has 1 N–H and O–H groups in total. The first-order valence-electron chi connectivity index (χ1n) is 5.28. The highest BCUT2D eigenvalue weighted by Crippen LogP contribution is 2.27. The van der Waals surface area contributed by atoms with Crippen molar-refractivity contribution in [2.75, 3.05) is 0 Å². The van der Waals surface area contributed by atoms with Crippen LogP contribution < -0.4 is 5.32 Å². The Labute approximate surface area is 109 Å². The highest BCUT2D eigenvalue weighted by molar-refractivity contribution is 9.11. The molecule has 0 bridgehead atoms. The van der Waals surface area contributed by atoms with Crippen LogP contribution in [0.5, 0.6) is 0 Å². The number of hydrogen-bond acceptors (Lipinski definition) is 2. The van der Waals surface area contributed by atoms with Crippen molar-refractivity contribution in [3.63, 3.8) is 0 Å². The number of hydrogen-bond donors (Lipinski definition) is 1. The molecule has 1 heterocycles. The van der Waals surface area contributed by atoms with Crippen LogP contribution in [0.1, 0.15) is 23.4 Å². The third-order valence-corrected chi connectivity index (χ3v) is 4.28. The van der Waals surface area contributed by atoms with Gasteiger partial charge in [0, 0.05) is 17.5 Å². The minimum atomic E-state index is 0.400. The Bertz CT molecular complexity index is 438. The quantitative estimate of drug-likeness (QED) is 0.884. The summed E-state index contributed by atoms with van der Waals surface area (Å²) < 4.78 is 1.19. The summed E-state index contributed by atoms with van der Waals surface area (Å²) in [4.78, 5) is 1.36. The van der Waals surface area contributed by atoms with Crippen LogP contribution in [0, 0.1) is 0 Å². The van der Waals surface area contributed by atoms with Crippen molar-refractivity contribution >= 4 is 27.3 Å². The fourth-order valence-electron chi connectivity index (χ4n) is 1.53. The van der Waals surface area contributed by atoms with Crippen molar-refractivity contribution in [1.82, 2.24) is 5.32 Å². The van der Waals surface area contributed by atoms with Gasteiger partial charge < -0.3 is 5.32 Å². The van der Waals surface area contributed by atoms with E-state index >= 15 is 0 Å². The smallest absolute Gasteiger partial charge is 0.0701 e. The van der Waals surface area contributed by atoms with E-state index in [1.807, 2.05) is 6.07 Å². The van der Waals surface area contributed by atoms with Gasteiger partial charge in [-0.05, 0) is 40.5 Å². The SMILES string of the molecule is CC(NCc1ccccc1)c1ccc(Br)s1. The van der Waals surface area contributed by atoms with E-state index in [-0.39, 0.29) is 0 Å². The molecule has 0 aliphatic carbocycles. The zero-order chi connectivity index (χ0) is 11.4. The van der Waals surface area contributed by atoms with Crippen LogP contribution in [0.25, 0.3) is 0 Å². The van der Waals surface area contributed by atoms with Crippen LogP contribution >= 0.6 is 27.3 Å². The molecule has 1 atom stereocenters. The van der Waals surface area contributed by atoms with Gasteiger partial charge in [-0.1, -0.05) is 30.3 Å². The van der Waals surface area contributed by atoms with Crippen LogP contribution in [0.3, 0.4) is 0 Å². The van der Waals surface area contributed by atoms with Gasteiger partial charge in [-0.15, -0.1) is 11.3 Å². The maximum Gasteiger partial charge on any atom is 0.0701 e. The van der Waals surface area contributed by atoms with Gasteiger partial charge in [-0.25, -0.2) is 0 Å². The van der Waals surface area contributed by atoms with Gasteiger partial charge in [0.1, 0.15) is 0 Å². The molecule has 1 nitrogen and oxygen atoms in total. The van der Waals surface area contributed by atoms with Crippen molar-refractivity contribution in [3.8, 4) is 0 Å². The Kier molecular flexibility index (Phi) is 4.16. The van der Waals surface area contributed by atoms with Crippen molar-refractivity contribution < 1.29 is 0 Å². The summed E-state index contributed by atoms with van der Waals surface area (Å²) in [5, 5.41) is 3.52. The second-order valence-corrected chi connectivity index (χ2v) is 6.22. The number of halogens is 1. The van der Waals surface area contributed by atoms with Crippen LogP contribution in [0.2, 0.25) is 0 Å². The van der Waals surface area contributed by atoms with E-state index < -0.39 is 0 Å². The van der Waals surface area contributed by atoms with Crippen molar-refractivity contribution in [2.24, 2.45) is 0 Å². The van der Waals surface area contributed by atoms with E-state index in [4.69, 9.17) is 0 Å². The first kappa shape index (κ1) is 11.8. The predicted octanol–water partition coefficient (Wildman–Crippen LogP) is 4.36. The monoisotopic (exact) mass is 295 g/mol. The van der Waals surface area contributed by atoms with Crippen LogP contribution in [-0.2, 0) is 6.54 Å². The van der Waals surface area contributed by atoms with Gasteiger partial charge in [0.25, 0.3) is 0 Å². The van der Waals surface area contributed by atoms with Crippen LogP contribution in [0.15, 0.2) is 46.3 Å². The van der Waals surface area contributed by atoms with Crippen molar-refractivity contribution in [3.05, 3.63) is 56.7 Å². The highest BCUT2D eigenvalue weighted by Gasteiger charge is 2.06. The summed E-state index contributed by atoms with van der Waals surface area (Å²) in [5.74, 6) is 0. The molecule has 0 aliphatic rings. The van der Waals surface area contributed by atoms with Gasteiger partial charge >= 0.3 is 0 Å². The average molecular weight is 296 g/mol. The Hall–Kier alpha value is -0.640. The van der Waals surface area contributed by atoms with Gasteiger partial charge in [0.2, 0.25) is 0 Å². The highest BCUT2D eigenvalue weighted by atomic mass is 79.9. The first-order valence-corrected chi connectivity index (χ1v) is 6.89. The van der Waals surface area contributed by atoms with E-state index in [1.54, 1.807) is 11.3 Å². The normalized spacial score (nSPS) is 12.6. The van der Waals surface area contributed by atoms with Crippen molar-refractivity contribution in [1.29, 1.82) is 0 Å². The molecule has 0 fully saturated rings. The molecule has 1 aromatic carbocycles. The predicted molar refractivity (Wildman–Crippen MR) is 73.7 cm³/mol. The van der Waals surface area contributed by atoms with E-state index in [0.29, 0.717) is 6.04 Å². The maximum atomic E-state index is 3.52. The zero-order valence-corrected chi connectivity index (χ0v) is 11.5. The Morgan fingerprint density at radius 3 is 2.56 bits per heavy atom. The number of rotatable bonds is 4. The third-order valence-electron chi connectivity index (χ3n) is 2.48. The minimum absolute atomic E-state index is 0.400. The summed E-state index contributed by atoms with van der Waals surface area (Å²) >= 11 is 5.27. The molecule has 0 amide bonds. The lowest BCUT2D eigenvalue weighted by molar-refractivity contribution is 0.583. The van der Waals surface area contributed by atoms with Gasteiger partial charge in [0.15, 0.2) is 0 Å². The molecule has 2 aromatic rings. The Balaban J connectivity index is 1.91. The topological polar surface area (TPSA) is 12.0 Å². The number of nitrogens with one attached hydrogen (secondary N) is 1. The lowest BCUT2D eigenvalue weighted by Crippen LogP contribution is -2.16.